The average Bonchev–Trinajstić information content (AvgIpc) is 3.14. The highest BCUT2D eigenvalue weighted by molar-refractivity contribution is 5.94. The Morgan fingerprint density at radius 1 is 1.15 bits per heavy atom. The lowest BCUT2D eigenvalue weighted by Crippen LogP contribution is -2.42. The molecule has 26 heavy (non-hydrogen) atoms. The van der Waals surface area contributed by atoms with E-state index in [0.717, 1.165) is 37.2 Å². The first-order chi connectivity index (χ1) is 12.7. The van der Waals surface area contributed by atoms with Crippen molar-refractivity contribution in [2.45, 2.75) is 25.5 Å². The van der Waals surface area contributed by atoms with E-state index in [1.54, 1.807) is 6.07 Å². The number of amides is 1. The van der Waals surface area contributed by atoms with E-state index in [0.29, 0.717) is 18.7 Å². The van der Waals surface area contributed by atoms with Crippen molar-refractivity contribution >= 4 is 5.91 Å². The first-order valence-electron chi connectivity index (χ1n) is 9.20. The van der Waals surface area contributed by atoms with E-state index < -0.39 is 6.10 Å². The Labute approximate surface area is 153 Å². The monoisotopic (exact) mass is 352 g/mol. The Morgan fingerprint density at radius 3 is 2.88 bits per heavy atom. The number of nitrogens with zero attached hydrogens (tertiary/aromatic N) is 1. The highest BCUT2D eigenvalue weighted by atomic mass is 16.5. The molecule has 136 valence electrons. The Hall–Kier alpha value is -2.37. The van der Waals surface area contributed by atoms with Crippen LogP contribution in [0.4, 0.5) is 0 Å². The fourth-order valence-electron chi connectivity index (χ4n) is 3.71. The lowest BCUT2D eigenvalue weighted by molar-refractivity contribution is 0.0842. The van der Waals surface area contributed by atoms with E-state index in [-0.39, 0.29) is 12.5 Å². The summed E-state index contributed by atoms with van der Waals surface area (Å²) in [5, 5.41) is 13.2. The lowest BCUT2D eigenvalue weighted by atomic mass is 10.00. The van der Waals surface area contributed by atoms with Crippen molar-refractivity contribution in [1.82, 2.24) is 10.2 Å². The third-order valence-corrected chi connectivity index (χ3v) is 5.13. The summed E-state index contributed by atoms with van der Waals surface area (Å²) in [6, 6.07) is 13.9. The molecule has 0 saturated carbocycles. The van der Waals surface area contributed by atoms with Crippen LogP contribution in [0.5, 0.6) is 5.75 Å². The number of ether oxygens (including phenoxy) is 1. The maximum atomic E-state index is 12.3. The minimum atomic E-state index is -0.582. The van der Waals surface area contributed by atoms with Crippen molar-refractivity contribution in [3.63, 3.8) is 0 Å². The van der Waals surface area contributed by atoms with E-state index in [2.05, 4.69) is 34.5 Å². The Balaban J connectivity index is 1.28. The van der Waals surface area contributed by atoms with Gasteiger partial charge in [-0.25, -0.2) is 0 Å². The summed E-state index contributed by atoms with van der Waals surface area (Å²) in [7, 11) is 0. The number of hydrogen-bond donors (Lipinski definition) is 2. The number of aliphatic hydroxyl groups excluding tert-OH is 1. The molecule has 2 heterocycles. The fourth-order valence-corrected chi connectivity index (χ4v) is 3.71. The molecule has 2 N–H and O–H groups in total. The van der Waals surface area contributed by atoms with Crippen LogP contribution in [-0.2, 0) is 19.4 Å². The molecule has 0 aromatic heterocycles. The molecule has 0 radical (unpaired) electrons. The molecule has 1 atom stereocenters. The summed E-state index contributed by atoms with van der Waals surface area (Å²) >= 11 is 0. The van der Waals surface area contributed by atoms with Crippen LogP contribution >= 0.6 is 0 Å². The van der Waals surface area contributed by atoms with Crippen LogP contribution in [0.3, 0.4) is 0 Å². The summed E-state index contributed by atoms with van der Waals surface area (Å²) < 4.78 is 5.46. The molecule has 0 aliphatic carbocycles. The van der Waals surface area contributed by atoms with Gasteiger partial charge in [0.25, 0.3) is 5.91 Å². The normalized spacial score (nSPS) is 17.1. The quantitative estimate of drug-likeness (QED) is 0.861. The van der Waals surface area contributed by atoms with Gasteiger partial charge in [0, 0.05) is 38.2 Å². The second-order valence-corrected chi connectivity index (χ2v) is 7.04. The van der Waals surface area contributed by atoms with Gasteiger partial charge in [0.2, 0.25) is 0 Å². The molecule has 5 heteroatoms. The summed E-state index contributed by atoms with van der Waals surface area (Å²) in [4.78, 5) is 14.6. The van der Waals surface area contributed by atoms with E-state index in [4.69, 9.17) is 4.74 Å². The molecule has 1 amide bonds. The van der Waals surface area contributed by atoms with Crippen molar-refractivity contribution in [2.75, 3.05) is 26.2 Å². The largest absolute Gasteiger partial charge is 0.493 e. The first kappa shape index (κ1) is 17.1. The maximum Gasteiger partial charge on any atom is 0.251 e. The molecule has 2 aliphatic heterocycles. The van der Waals surface area contributed by atoms with Crippen LogP contribution in [0.25, 0.3) is 0 Å². The Kier molecular flexibility index (Phi) is 4.91. The summed E-state index contributed by atoms with van der Waals surface area (Å²) in [5.41, 5.74) is 4.42. The van der Waals surface area contributed by atoms with E-state index in [9.17, 15) is 9.90 Å². The molecule has 0 fully saturated rings. The van der Waals surface area contributed by atoms with Crippen molar-refractivity contribution in [3.05, 3.63) is 64.7 Å². The van der Waals surface area contributed by atoms with Gasteiger partial charge in [-0.15, -0.1) is 0 Å². The minimum Gasteiger partial charge on any atom is -0.493 e. The first-order valence-corrected chi connectivity index (χ1v) is 9.20. The minimum absolute atomic E-state index is 0.150. The predicted molar refractivity (Wildman–Crippen MR) is 99.4 cm³/mol. The molecule has 4 rings (SSSR count). The highest BCUT2D eigenvalue weighted by Crippen LogP contribution is 2.25. The van der Waals surface area contributed by atoms with Gasteiger partial charge in [-0.1, -0.05) is 24.3 Å². The smallest absolute Gasteiger partial charge is 0.251 e. The van der Waals surface area contributed by atoms with Crippen LogP contribution < -0.4 is 10.1 Å². The molecule has 2 aliphatic rings. The van der Waals surface area contributed by atoms with Gasteiger partial charge in [0.05, 0.1) is 12.7 Å². The number of hydrogen-bond acceptors (Lipinski definition) is 4. The zero-order chi connectivity index (χ0) is 17.9. The zero-order valence-electron chi connectivity index (χ0n) is 14.8. The second kappa shape index (κ2) is 7.48. The standard InChI is InChI=1S/C21H24N2O3/c24-19(14-23-9-7-15-3-1-2-4-18(15)13-23)12-22-21(25)17-5-6-20-16(11-17)8-10-26-20/h1-6,11,19,24H,7-10,12-14H2,(H,22,25)/t19-/m0/s1. The zero-order valence-corrected chi connectivity index (χ0v) is 14.8. The number of carbonyl (C=O) groups is 1. The van der Waals surface area contributed by atoms with Crippen LogP contribution in [0, 0.1) is 0 Å². The van der Waals surface area contributed by atoms with Crippen LogP contribution in [0.1, 0.15) is 27.0 Å². The van der Waals surface area contributed by atoms with E-state index >= 15 is 0 Å². The number of aliphatic hydroxyl groups is 1. The van der Waals surface area contributed by atoms with Crippen molar-refractivity contribution in [2.24, 2.45) is 0 Å². The van der Waals surface area contributed by atoms with Crippen molar-refractivity contribution in [1.29, 1.82) is 0 Å². The van der Waals surface area contributed by atoms with Gasteiger partial charge in [0.15, 0.2) is 0 Å². The van der Waals surface area contributed by atoms with E-state index in [1.165, 1.54) is 11.1 Å². The molecular weight excluding hydrogens is 328 g/mol. The molecule has 0 spiro atoms. The van der Waals surface area contributed by atoms with Gasteiger partial charge >= 0.3 is 0 Å². The van der Waals surface area contributed by atoms with Crippen LogP contribution in [-0.4, -0.2) is 48.3 Å². The van der Waals surface area contributed by atoms with Gasteiger partial charge < -0.3 is 15.2 Å². The van der Waals surface area contributed by atoms with Gasteiger partial charge in [0.1, 0.15) is 5.75 Å². The SMILES string of the molecule is O=C(NC[C@H](O)CN1CCc2ccccc2C1)c1ccc2c(c1)CCO2. The third kappa shape index (κ3) is 3.74. The van der Waals surface area contributed by atoms with Gasteiger partial charge in [-0.3, -0.25) is 9.69 Å². The van der Waals surface area contributed by atoms with E-state index in [1.807, 2.05) is 12.1 Å². The average molecular weight is 352 g/mol. The van der Waals surface area contributed by atoms with Crippen LogP contribution in [0.2, 0.25) is 0 Å². The molecule has 0 saturated heterocycles. The molecule has 0 unspecified atom stereocenters. The Morgan fingerprint density at radius 2 is 2.00 bits per heavy atom. The fraction of sp³-hybridized carbons (Fsp3) is 0.381. The number of benzene rings is 2. The maximum absolute atomic E-state index is 12.3. The Bertz CT molecular complexity index is 806. The molecule has 2 aromatic rings. The second-order valence-electron chi connectivity index (χ2n) is 7.04. The summed E-state index contributed by atoms with van der Waals surface area (Å²) in [5.74, 6) is 0.717. The number of rotatable bonds is 5. The summed E-state index contributed by atoms with van der Waals surface area (Å²) in [6.45, 7) is 3.29. The van der Waals surface area contributed by atoms with Gasteiger partial charge in [-0.2, -0.15) is 0 Å². The van der Waals surface area contributed by atoms with Crippen molar-refractivity contribution < 1.29 is 14.6 Å². The third-order valence-electron chi connectivity index (χ3n) is 5.13. The molecule has 0 bridgehead atoms. The number of fused-ring (bicyclic) bond motifs is 2. The number of β-amino-alcohol motifs (C(OH)–C–C–N with tert-alkyl or cyclic N) is 1. The molecule has 5 nitrogen and oxygen atoms in total. The number of carbonyl (C=O) groups excluding carboxylic acids is 1. The summed E-state index contributed by atoms with van der Waals surface area (Å²) in [6.07, 6.45) is 1.27. The van der Waals surface area contributed by atoms with Gasteiger partial charge in [-0.05, 0) is 41.3 Å². The highest BCUT2D eigenvalue weighted by Gasteiger charge is 2.19. The lowest BCUT2D eigenvalue weighted by Gasteiger charge is -2.30. The van der Waals surface area contributed by atoms with Crippen LogP contribution in [0.15, 0.2) is 42.5 Å². The van der Waals surface area contributed by atoms with Crippen molar-refractivity contribution in [3.8, 4) is 5.75 Å². The molecular formula is C21H24N2O3. The number of nitrogens with one attached hydrogen (secondary N) is 1. The topological polar surface area (TPSA) is 61.8 Å². The predicted octanol–water partition coefficient (Wildman–Crippen LogP) is 1.77. The molecule has 2 aromatic carbocycles.